The number of nitrogens with zero attached hydrogens (tertiary/aromatic N) is 2. The van der Waals surface area contributed by atoms with Crippen LogP contribution < -0.4 is 10.6 Å². The predicted octanol–water partition coefficient (Wildman–Crippen LogP) is 2.79. The fourth-order valence-corrected chi connectivity index (χ4v) is 2.23. The van der Waals surface area contributed by atoms with Crippen LogP contribution in [-0.2, 0) is 0 Å². The SMILES string of the molecule is CN(c1ccc(N)c2cc(Br)cnc12)C(C)(C)CO. The Hall–Kier alpha value is -1.33. The van der Waals surface area contributed by atoms with Gasteiger partial charge in [-0.2, -0.15) is 0 Å². The molecule has 0 saturated heterocycles. The van der Waals surface area contributed by atoms with Gasteiger partial charge in [-0.1, -0.05) is 0 Å². The lowest BCUT2D eigenvalue weighted by atomic mass is 10.0. The number of hydrogen-bond donors (Lipinski definition) is 2. The van der Waals surface area contributed by atoms with Gasteiger partial charge in [0, 0.05) is 28.8 Å². The van der Waals surface area contributed by atoms with Crippen molar-refractivity contribution in [3.8, 4) is 0 Å². The van der Waals surface area contributed by atoms with Gasteiger partial charge < -0.3 is 15.7 Å². The van der Waals surface area contributed by atoms with Crippen molar-refractivity contribution in [1.82, 2.24) is 4.98 Å². The van der Waals surface area contributed by atoms with Crippen molar-refractivity contribution in [3.63, 3.8) is 0 Å². The molecule has 2 aromatic rings. The van der Waals surface area contributed by atoms with Gasteiger partial charge >= 0.3 is 0 Å². The van der Waals surface area contributed by atoms with E-state index in [1.165, 1.54) is 0 Å². The summed E-state index contributed by atoms with van der Waals surface area (Å²) in [6, 6.07) is 5.77. The first kappa shape index (κ1) is 14.1. The highest BCUT2D eigenvalue weighted by Gasteiger charge is 2.24. The van der Waals surface area contributed by atoms with E-state index < -0.39 is 0 Å². The Kier molecular flexibility index (Phi) is 3.69. The molecular formula is C14H18BrN3O. The molecule has 102 valence electrons. The first-order chi connectivity index (χ1) is 8.86. The average Bonchev–Trinajstić information content (AvgIpc) is 2.39. The van der Waals surface area contributed by atoms with E-state index in [0.29, 0.717) is 5.69 Å². The molecule has 0 radical (unpaired) electrons. The normalized spacial score (nSPS) is 11.8. The number of aromatic nitrogens is 1. The lowest BCUT2D eigenvalue weighted by Crippen LogP contribution is -2.44. The molecule has 3 N–H and O–H groups in total. The summed E-state index contributed by atoms with van der Waals surface area (Å²) in [5, 5.41) is 10.4. The molecule has 0 atom stereocenters. The molecule has 0 fully saturated rings. The Morgan fingerprint density at radius 2 is 2.11 bits per heavy atom. The zero-order chi connectivity index (χ0) is 14.2. The first-order valence-electron chi connectivity index (χ1n) is 6.05. The maximum Gasteiger partial charge on any atom is 0.0956 e. The molecule has 0 aliphatic heterocycles. The molecule has 4 nitrogen and oxygen atoms in total. The summed E-state index contributed by atoms with van der Waals surface area (Å²) < 4.78 is 0.896. The first-order valence-corrected chi connectivity index (χ1v) is 6.84. The minimum atomic E-state index is -0.363. The molecule has 1 aromatic heterocycles. The van der Waals surface area contributed by atoms with Crippen molar-refractivity contribution in [1.29, 1.82) is 0 Å². The summed E-state index contributed by atoms with van der Waals surface area (Å²) in [4.78, 5) is 6.48. The summed E-state index contributed by atoms with van der Waals surface area (Å²) >= 11 is 3.41. The topological polar surface area (TPSA) is 62.4 Å². The molecule has 19 heavy (non-hydrogen) atoms. The molecule has 1 heterocycles. The molecule has 2 rings (SSSR count). The highest BCUT2D eigenvalue weighted by Crippen LogP contribution is 2.33. The lowest BCUT2D eigenvalue weighted by molar-refractivity contribution is 0.216. The van der Waals surface area contributed by atoms with Gasteiger partial charge in [-0.05, 0) is 48.0 Å². The third-order valence-corrected chi connectivity index (χ3v) is 3.92. The number of pyridine rings is 1. The number of aliphatic hydroxyl groups excluding tert-OH is 1. The second-order valence-electron chi connectivity index (χ2n) is 5.25. The van der Waals surface area contributed by atoms with E-state index in [0.717, 1.165) is 21.1 Å². The van der Waals surface area contributed by atoms with Crippen molar-refractivity contribution in [2.24, 2.45) is 0 Å². The fraction of sp³-hybridized carbons (Fsp3) is 0.357. The van der Waals surface area contributed by atoms with Crippen molar-refractivity contribution in [3.05, 3.63) is 28.9 Å². The Bertz CT molecular complexity index is 613. The highest BCUT2D eigenvalue weighted by molar-refractivity contribution is 9.10. The quantitative estimate of drug-likeness (QED) is 0.852. The van der Waals surface area contributed by atoms with Gasteiger partial charge in [0.15, 0.2) is 0 Å². The zero-order valence-corrected chi connectivity index (χ0v) is 12.9. The van der Waals surface area contributed by atoms with E-state index in [1.54, 1.807) is 6.20 Å². The molecule has 1 aromatic carbocycles. The maximum atomic E-state index is 9.50. The van der Waals surface area contributed by atoms with Gasteiger partial charge in [0.1, 0.15) is 0 Å². The number of anilines is 2. The smallest absolute Gasteiger partial charge is 0.0956 e. The van der Waals surface area contributed by atoms with E-state index >= 15 is 0 Å². The molecule has 0 aliphatic carbocycles. The molecule has 0 unspecified atom stereocenters. The molecule has 0 amide bonds. The van der Waals surface area contributed by atoms with Crippen LogP contribution in [0.25, 0.3) is 10.9 Å². The van der Waals surface area contributed by atoms with Gasteiger partial charge in [-0.3, -0.25) is 4.98 Å². The van der Waals surface area contributed by atoms with E-state index in [-0.39, 0.29) is 12.1 Å². The van der Waals surface area contributed by atoms with E-state index in [2.05, 4.69) is 20.9 Å². The van der Waals surface area contributed by atoms with Crippen molar-refractivity contribution >= 4 is 38.2 Å². The number of benzene rings is 1. The van der Waals surface area contributed by atoms with Crippen LogP contribution in [-0.4, -0.2) is 29.3 Å². The Morgan fingerprint density at radius 3 is 2.74 bits per heavy atom. The summed E-state index contributed by atoms with van der Waals surface area (Å²) in [6.07, 6.45) is 1.76. The van der Waals surface area contributed by atoms with Crippen LogP contribution in [0.15, 0.2) is 28.9 Å². The van der Waals surface area contributed by atoms with Crippen molar-refractivity contribution < 1.29 is 5.11 Å². The summed E-state index contributed by atoms with van der Waals surface area (Å²) in [5.41, 5.74) is 8.14. The van der Waals surface area contributed by atoms with Crippen LogP contribution in [0.2, 0.25) is 0 Å². The highest BCUT2D eigenvalue weighted by atomic mass is 79.9. The minimum absolute atomic E-state index is 0.0614. The minimum Gasteiger partial charge on any atom is -0.398 e. The summed E-state index contributed by atoms with van der Waals surface area (Å²) in [6.45, 7) is 4.02. The number of nitrogen functional groups attached to an aromatic ring is 1. The van der Waals surface area contributed by atoms with Crippen LogP contribution in [0.5, 0.6) is 0 Å². The summed E-state index contributed by atoms with van der Waals surface area (Å²) in [5.74, 6) is 0. The van der Waals surface area contributed by atoms with Crippen LogP contribution >= 0.6 is 15.9 Å². The fourth-order valence-electron chi connectivity index (χ4n) is 1.90. The number of aliphatic hydroxyl groups is 1. The van der Waals surface area contributed by atoms with Crippen LogP contribution in [0, 0.1) is 0 Å². The number of fused-ring (bicyclic) bond motifs is 1. The standard InChI is InChI=1S/C14H18BrN3O/c1-14(2,8-19)18(3)12-5-4-11(16)10-6-9(15)7-17-13(10)12/h4-7,19H,8,16H2,1-3H3. The molecule has 0 aliphatic rings. The number of halogens is 1. The van der Waals surface area contributed by atoms with E-state index in [1.807, 2.05) is 44.0 Å². The van der Waals surface area contributed by atoms with Crippen LogP contribution in [0.1, 0.15) is 13.8 Å². The maximum absolute atomic E-state index is 9.50. The molecular weight excluding hydrogens is 306 g/mol. The third-order valence-electron chi connectivity index (χ3n) is 3.48. The lowest BCUT2D eigenvalue weighted by Gasteiger charge is -2.36. The van der Waals surface area contributed by atoms with Gasteiger partial charge in [0.25, 0.3) is 0 Å². The number of hydrogen-bond acceptors (Lipinski definition) is 4. The monoisotopic (exact) mass is 323 g/mol. The van der Waals surface area contributed by atoms with Crippen LogP contribution in [0.3, 0.4) is 0 Å². The zero-order valence-electron chi connectivity index (χ0n) is 11.3. The molecule has 0 spiro atoms. The number of nitrogens with two attached hydrogens (primary N) is 1. The second kappa shape index (κ2) is 4.98. The second-order valence-corrected chi connectivity index (χ2v) is 6.17. The Labute approximate surface area is 121 Å². The van der Waals surface area contributed by atoms with Crippen molar-refractivity contribution in [2.45, 2.75) is 19.4 Å². The van der Waals surface area contributed by atoms with Gasteiger partial charge in [0.2, 0.25) is 0 Å². The molecule has 5 heteroatoms. The van der Waals surface area contributed by atoms with Crippen LogP contribution in [0.4, 0.5) is 11.4 Å². The number of likely N-dealkylation sites (N-methyl/N-ethyl adjacent to an activating group) is 1. The average molecular weight is 324 g/mol. The molecule has 0 saturated carbocycles. The van der Waals surface area contributed by atoms with Gasteiger partial charge in [-0.25, -0.2) is 0 Å². The van der Waals surface area contributed by atoms with Crippen molar-refractivity contribution in [2.75, 3.05) is 24.3 Å². The Morgan fingerprint density at radius 1 is 1.42 bits per heavy atom. The van der Waals surface area contributed by atoms with Gasteiger partial charge in [-0.15, -0.1) is 0 Å². The van der Waals surface area contributed by atoms with E-state index in [4.69, 9.17) is 5.73 Å². The van der Waals surface area contributed by atoms with E-state index in [9.17, 15) is 5.11 Å². The third kappa shape index (κ3) is 2.53. The predicted molar refractivity (Wildman–Crippen MR) is 83.4 cm³/mol. The molecule has 0 bridgehead atoms. The summed E-state index contributed by atoms with van der Waals surface area (Å²) in [7, 11) is 1.95. The largest absolute Gasteiger partial charge is 0.398 e. The number of rotatable bonds is 3. The van der Waals surface area contributed by atoms with Gasteiger partial charge in [0.05, 0.1) is 23.3 Å². The Balaban J connectivity index is 2.66.